The van der Waals surface area contributed by atoms with E-state index >= 15 is 0 Å². The average molecular weight is 264 g/mol. The second kappa shape index (κ2) is 5.57. The van der Waals surface area contributed by atoms with Crippen LogP contribution < -0.4 is 4.90 Å². The van der Waals surface area contributed by atoms with E-state index in [0.29, 0.717) is 5.69 Å². The first-order chi connectivity index (χ1) is 9.00. The number of hydrogen-bond acceptors (Lipinski definition) is 4. The van der Waals surface area contributed by atoms with E-state index in [1.807, 2.05) is 24.9 Å². The van der Waals surface area contributed by atoms with Gasteiger partial charge in [0.15, 0.2) is 0 Å². The molecule has 104 valence electrons. The highest BCUT2D eigenvalue weighted by Crippen LogP contribution is 2.33. The van der Waals surface area contributed by atoms with E-state index in [9.17, 15) is 15.2 Å². The molecule has 1 aliphatic rings. The topological polar surface area (TPSA) is 66.6 Å². The summed E-state index contributed by atoms with van der Waals surface area (Å²) in [6, 6.07) is 5.19. The zero-order valence-corrected chi connectivity index (χ0v) is 11.4. The minimum atomic E-state index is -0.403. The molecule has 0 spiro atoms. The third-order valence-electron chi connectivity index (χ3n) is 3.90. The Bertz CT molecular complexity index is 476. The summed E-state index contributed by atoms with van der Waals surface area (Å²) in [6.45, 7) is 1.84. The monoisotopic (exact) mass is 264 g/mol. The maximum atomic E-state index is 11.2. The summed E-state index contributed by atoms with van der Waals surface area (Å²) in [7, 11) is 1.83. The minimum Gasteiger partial charge on any atom is -0.391 e. The summed E-state index contributed by atoms with van der Waals surface area (Å²) < 4.78 is 0. The molecule has 5 heteroatoms. The third-order valence-corrected chi connectivity index (χ3v) is 3.90. The van der Waals surface area contributed by atoms with Crippen molar-refractivity contribution in [2.75, 3.05) is 11.9 Å². The van der Waals surface area contributed by atoms with Crippen LogP contribution >= 0.6 is 0 Å². The summed E-state index contributed by atoms with van der Waals surface area (Å²) in [5, 5.41) is 21.2. The van der Waals surface area contributed by atoms with Crippen LogP contribution in [0.15, 0.2) is 18.2 Å². The number of rotatable bonds is 3. The fourth-order valence-corrected chi connectivity index (χ4v) is 2.80. The number of hydrogen-bond donors (Lipinski definition) is 1. The quantitative estimate of drug-likeness (QED) is 0.673. The van der Waals surface area contributed by atoms with Crippen LogP contribution in [0.2, 0.25) is 0 Å². The second-order valence-electron chi connectivity index (χ2n) is 5.28. The smallest absolute Gasteiger partial charge is 0.292 e. The summed E-state index contributed by atoms with van der Waals surface area (Å²) >= 11 is 0. The van der Waals surface area contributed by atoms with Crippen molar-refractivity contribution in [2.45, 2.75) is 44.8 Å². The van der Waals surface area contributed by atoms with Gasteiger partial charge in [-0.05, 0) is 31.4 Å². The molecule has 1 aromatic rings. The van der Waals surface area contributed by atoms with E-state index in [1.54, 1.807) is 12.1 Å². The van der Waals surface area contributed by atoms with Crippen molar-refractivity contribution in [2.24, 2.45) is 0 Å². The van der Waals surface area contributed by atoms with Crippen LogP contribution in [-0.4, -0.2) is 29.2 Å². The average Bonchev–Trinajstić information content (AvgIpc) is 2.38. The van der Waals surface area contributed by atoms with Crippen molar-refractivity contribution in [1.29, 1.82) is 0 Å². The summed E-state index contributed by atoms with van der Waals surface area (Å²) in [4.78, 5) is 12.7. The van der Waals surface area contributed by atoms with Gasteiger partial charge in [0, 0.05) is 13.1 Å². The molecule has 0 heterocycles. The normalized spacial score (nSPS) is 23.1. The molecule has 0 aliphatic heterocycles. The molecule has 1 aliphatic carbocycles. The maximum absolute atomic E-state index is 11.2. The number of nitro groups is 1. The Kier molecular flexibility index (Phi) is 4.04. The van der Waals surface area contributed by atoms with Crippen molar-refractivity contribution in [1.82, 2.24) is 0 Å². The molecular weight excluding hydrogens is 244 g/mol. The van der Waals surface area contributed by atoms with Gasteiger partial charge >= 0.3 is 0 Å². The molecule has 2 unspecified atom stereocenters. The molecule has 0 radical (unpaired) electrons. The minimum absolute atomic E-state index is 0.0323. The summed E-state index contributed by atoms with van der Waals surface area (Å²) in [5.74, 6) is 0. The Morgan fingerprint density at radius 3 is 2.68 bits per heavy atom. The Hall–Kier alpha value is -1.62. The maximum Gasteiger partial charge on any atom is 0.292 e. The lowest BCUT2D eigenvalue weighted by molar-refractivity contribution is -0.384. The van der Waals surface area contributed by atoms with E-state index in [-0.39, 0.29) is 16.7 Å². The molecule has 5 nitrogen and oxygen atoms in total. The lowest BCUT2D eigenvalue weighted by Crippen LogP contribution is -2.43. The first-order valence-electron chi connectivity index (χ1n) is 6.66. The van der Waals surface area contributed by atoms with E-state index in [1.165, 1.54) is 0 Å². The third kappa shape index (κ3) is 2.87. The molecule has 1 fully saturated rings. The fourth-order valence-electron chi connectivity index (χ4n) is 2.80. The molecule has 2 rings (SSSR count). The van der Waals surface area contributed by atoms with Crippen molar-refractivity contribution in [3.8, 4) is 0 Å². The van der Waals surface area contributed by atoms with Crippen molar-refractivity contribution < 1.29 is 10.0 Å². The van der Waals surface area contributed by atoms with Gasteiger partial charge in [-0.2, -0.15) is 0 Å². The molecule has 1 aromatic carbocycles. The molecule has 19 heavy (non-hydrogen) atoms. The van der Waals surface area contributed by atoms with Gasteiger partial charge in [0.1, 0.15) is 5.69 Å². The predicted octanol–water partition coefficient (Wildman–Crippen LogP) is 2.64. The van der Waals surface area contributed by atoms with Crippen LogP contribution in [0.5, 0.6) is 0 Å². The van der Waals surface area contributed by atoms with Crippen LogP contribution in [0, 0.1) is 17.0 Å². The van der Waals surface area contributed by atoms with Gasteiger partial charge < -0.3 is 10.0 Å². The molecule has 0 aromatic heterocycles. The molecule has 0 amide bonds. The first kappa shape index (κ1) is 13.8. The number of anilines is 1. The highest BCUT2D eigenvalue weighted by molar-refractivity contribution is 5.64. The SMILES string of the molecule is Cc1ccc(N(C)C2CCCCC2O)c([N+](=O)[O-])c1. The van der Waals surface area contributed by atoms with Gasteiger partial charge in [0.25, 0.3) is 5.69 Å². The lowest BCUT2D eigenvalue weighted by atomic mass is 9.91. The number of benzene rings is 1. The lowest BCUT2D eigenvalue weighted by Gasteiger charge is -2.36. The predicted molar refractivity (Wildman–Crippen MR) is 74.5 cm³/mol. The first-order valence-corrected chi connectivity index (χ1v) is 6.66. The van der Waals surface area contributed by atoms with Crippen LogP contribution in [0.3, 0.4) is 0 Å². The molecule has 1 saturated carbocycles. The van der Waals surface area contributed by atoms with E-state index in [0.717, 1.165) is 31.2 Å². The van der Waals surface area contributed by atoms with Gasteiger partial charge in [-0.3, -0.25) is 10.1 Å². The van der Waals surface area contributed by atoms with Gasteiger partial charge in [-0.1, -0.05) is 18.9 Å². The van der Waals surface area contributed by atoms with E-state index < -0.39 is 6.10 Å². The van der Waals surface area contributed by atoms with Gasteiger partial charge in [0.05, 0.1) is 17.1 Å². The molecular formula is C14H20N2O3. The number of aryl methyl sites for hydroxylation is 1. The number of aliphatic hydroxyl groups excluding tert-OH is 1. The number of nitro benzene ring substituents is 1. The Morgan fingerprint density at radius 1 is 1.37 bits per heavy atom. The van der Waals surface area contributed by atoms with Crippen LogP contribution in [0.1, 0.15) is 31.2 Å². The standard InChI is InChI=1S/C14H20N2O3/c1-10-7-8-11(13(9-10)16(18)19)15(2)12-5-3-4-6-14(12)17/h7-9,12,14,17H,3-6H2,1-2H3. The van der Waals surface area contributed by atoms with E-state index in [4.69, 9.17) is 0 Å². The van der Waals surface area contributed by atoms with Crippen LogP contribution in [0.25, 0.3) is 0 Å². The van der Waals surface area contributed by atoms with Crippen LogP contribution in [0.4, 0.5) is 11.4 Å². The molecule has 0 bridgehead atoms. The Labute approximate surface area is 113 Å². The van der Waals surface area contributed by atoms with Crippen molar-refractivity contribution in [3.05, 3.63) is 33.9 Å². The van der Waals surface area contributed by atoms with Gasteiger partial charge in [-0.25, -0.2) is 0 Å². The fraction of sp³-hybridized carbons (Fsp3) is 0.571. The summed E-state index contributed by atoms with van der Waals surface area (Å²) in [5.41, 5.74) is 1.56. The van der Waals surface area contributed by atoms with Crippen LogP contribution in [-0.2, 0) is 0 Å². The number of aliphatic hydroxyl groups is 1. The largest absolute Gasteiger partial charge is 0.391 e. The molecule has 1 N–H and O–H groups in total. The Morgan fingerprint density at radius 2 is 2.05 bits per heavy atom. The second-order valence-corrected chi connectivity index (χ2v) is 5.28. The highest BCUT2D eigenvalue weighted by atomic mass is 16.6. The molecule has 2 atom stereocenters. The number of likely N-dealkylation sites (N-methyl/N-ethyl adjacent to an activating group) is 1. The molecule has 0 saturated heterocycles. The van der Waals surface area contributed by atoms with Crippen molar-refractivity contribution in [3.63, 3.8) is 0 Å². The van der Waals surface area contributed by atoms with E-state index in [2.05, 4.69) is 0 Å². The summed E-state index contributed by atoms with van der Waals surface area (Å²) in [6.07, 6.45) is 3.34. The van der Waals surface area contributed by atoms with Gasteiger partial charge in [0.2, 0.25) is 0 Å². The van der Waals surface area contributed by atoms with Crippen molar-refractivity contribution >= 4 is 11.4 Å². The highest BCUT2D eigenvalue weighted by Gasteiger charge is 2.29. The Balaban J connectivity index is 2.32. The zero-order chi connectivity index (χ0) is 14.0. The zero-order valence-electron chi connectivity index (χ0n) is 11.4. The van der Waals surface area contributed by atoms with Gasteiger partial charge in [-0.15, -0.1) is 0 Å². The number of nitrogens with zero attached hydrogens (tertiary/aromatic N) is 2.